The van der Waals surface area contributed by atoms with Gasteiger partial charge in [-0.05, 0) is 48.9 Å². The lowest BCUT2D eigenvalue weighted by molar-refractivity contribution is -0.137. The average Bonchev–Trinajstić information content (AvgIpc) is 2.53. The molecule has 2 rings (SSSR count). The first-order valence-corrected chi connectivity index (χ1v) is 8.80. The van der Waals surface area contributed by atoms with E-state index in [-0.39, 0.29) is 15.6 Å². The van der Waals surface area contributed by atoms with E-state index in [1.165, 1.54) is 25.3 Å². The molecule has 0 heterocycles. The lowest BCUT2D eigenvalue weighted by Crippen LogP contribution is -2.27. The summed E-state index contributed by atoms with van der Waals surface area (Å²) in [5, 5.41) is -0.107. The van der Waals surface area contributed by atoms with Gasteiger partial charge in [-0.2, -0.15) is 13.2 Å². The Kier molecular flexibility index (Phi) is 5.24. The molecule has 4 nitrogen and oxygen atoms in total. The van der Waals surface area contributed by atoms with E-state index in [0.29, 0.717) is 17.4 Å². The molecule has 25 heavy (non-hydrogen) atoms. The van der Waals surface area contributed by atoms with Gasteiger partial charge in [-0.15, -0.1) is 0 Å². The number of ether oxygens (including phenoxy) is 1. The summed E-state index contributed by atoms with van der Waals surface area (Å²) in [7, 11) is -1.50. The predicted octanol–water partition coefficient (Wildman–Crippen LogP) is 4.50. The smallest absolute Gasteiger partial charge is 0.416 e. The number of hydrogen-bond donors (Lipinski definition) is 0. The van der Waals surface area contributed by atoms with Gasteiger partial charge in [0.25, 0.3) is 10.0 Å². The number of alkyl halides is 3. The van der Waals surface area contributed by atoms with E-state index in [4.69, 9.17) is 16.3 Å². The zero-order valence-electron chi connectivity index (χ0n) is 13.6. The molecule has 0 saturated carbocycles. The molecular formula is C16H15ClF3NO3S. The number of hydrogen-bond acceptors (Lipinski definition) is 3. The van der Waals surface area contributed by atoms with Crippen molar-refractivity contribution in [2.75, 3.05) is 18.5 Å². The van der Waals surface area contributed by atoms with Crippen LogP contribution in [0.3, 0.4) is 0 Å². The molecule has 0 unspecified atom stereocenters. The maximum atomic E-state index is 12.9. The highest BCUT2D eigenvalue weighted by Gasteiger charge is 2.32. The lowest BCUT2D eigenvalue weighted by Gasteiger charge is -2.22. The van der Waals surface area contributed by atoms with Crippen LogP contribution < -0.4 is 9.04 Å². The minimum atomic E-state index is -4.61. The third kappa shape index (κ3) is 3.85. The van der Waals surface area contributed by atoms with E-state index < -0.39 is 21.8 Å². The molecule has 136 valence electrons. The summed E-state index contributed by atoms with van der Waals surface area (Å²) in [6.45, 7) is 1.66. The first-order chi connectivity index (χ1) is 11.5. The minimum Gasteiger partial charge on any atom is -0.496 e. The van der Waals surface area contributed by atoms with Crippen molar-refractivity contribution >= 4 is 27.3 Å². The van der Waals surface area contributed by atoms with Gasteiger partial charge in [0, 0.05) is 7.05 Å². The normalized spacial score (nSPS) is 12.1. The van der Waals surface area contributed by atoms with E-state index >= 15 is 0 Å². The SMILES string of the molecule is COc1ccc(S(=O)(=O)N(C)c2cc(C(F)(F)F)ccc2Cl)cc1C. The van der Waals surface area contributed by atoms with Crippen LogP contribution >= 0.6 is 11.6 Å². The minimum absolute atomic E-state index is 0.0817. The van der Waals surface area contributed by atoms with Crippen LogP contribution in [0.25, 0.3) is 0 Å². The van der Waals surface area contributed by atoms with E-state index in [2.05, 4.69) is 0 Å². The average molecular weight is 394 g/mol. The van der Waals surface area contributed by atoms with Gasteiger partial charge in [-0.3, -0.25) is 4.31 Å². The largest absolute Gasteiger partial charge is 0.496 e. The van der Waals surface area contributed by atoms with E-state index in [1.807, 2.05) is 0 Å². The third-order valence-electron chi connectivity index (χ3n) is 3.64. The van der Waals surface area contributed by atoms with Crippen LogP contribution in [0, 0.1) is 6.92 Å². The highest BCUT2D eigenvalue weighted by molar-refractivity contribution is 7.92. The van der Waals surface area contributed by atoms with Crippen LogP contribution in [0.4, 0.5) is 18.9 Å². The van der Waals surface area contributed by atoms with Crippen molar-refractivity contribution in [1.29, 1.82) is 0 Å². The molecule has 0 spiro atoms. The van der Waals surface area contributed by atoms with Crippen molar-refractivity contribution in [3.8, 4) is 5.75 Å². The van der Waals surface area contributed by atoms with Crippen molar-refractivity contribution in [1.82, 2.24) is 0 Å². The monoisotopic (exact) mass is 393 g/mol. The zero-order chi connectivity index (χ0) is 19.0. The van der Waals surface area contributed by atoms with Crippen LogP contribution in [0.1, 0.15) is 11.1 Å². The Labute approximate surface area is 148 Å². The van der Waals surface area contributed by atoms with Gasteiger partial charge >= 0.3 is 6.18 Å². The van der Waals surface area contributed by atoms with Crippen LogP contribution in [-0.4, -0.2) is 22.6 Å². The molecule has 9 heteroatoms. The molecule has 0 amide bonds. The Bertz CT molecular complexity index is 898. The maximum Gasteiger partial charge on any atom is 0.416 e. The highest BCUT2D eigenvalue weighted by Crippen LogP contribution is 2.37. The Morgan fingerprint density at radius 1 is 1.12 bits per heavy atom. The Morgan fingerprint density at radius 3 is 2.28 bits per heavy atom. The van der Waals surface area contributed by atoms with Crippen molar-refractivity contribution in [2.45, 2.75) is 18.0 Å². The standard InChI is InChI=1S/C16H15ClF3NO3S/c1-10-8-12(5-7-15(10)24-3)25(22,23)21(2)14-9-11(16(18,19)20)4-6-13(14)17/h4-9H,1-3H3. The summed E-state index contributed by atoms with van der Waals surface area (Å²) in [5.74, 6) is 0.499. The van der Waals surface area contributed by atoms with Gasteiger partial charge < -0.3 is 4.74 Å². The molecule has 0 aliphatic carbocycles. The second-order valence-electron chi connectivity index (χ2n) is 5.27. The van der Waals surface area contributed by atoms with Crippen molar-refractivity contribution in [3.63, 3.8) is 0 Å². The van der Waals surface area contributed by atoms with Gasteiger partial charge in [-0.25, -0.2) is 8.42 Å². The molecule has 0 aromatic heterocycles. The highest BCUT2D eigenvalue weighted by atomic mass is 35.5. The molecule has 2 aromatic carbocycles. The first-order valence-electron chi connectivity index (χ1n) is 6.99. The molecule has 0 atom stereocenters. The van der Waals surface area contributed by atoms with Crippen LogP contribution in [-0.2, 0) is 16.2 Å². The molecule has 0 radical (unpaired) electrons. The maximum absolute atomic E-state index is 12.9. The summed E-state index contributed by atoms with van der Waals surface area (Å²) < 4.78 is 70.0. The number of halogens is 4. The summed E-state index contributed by atoms with van der Waals surface area (Å²) >= 11 is 5.92. The summed E-state index contributed by atoms with van der Waals surface area (Å²) in [6.07, 6.45) is -4.61. The van der Waals surface area contributed by atoms with Gasteiger partial charge in [0.2, 0.25) is 0 Å². The number of methoxy groups -OCH3 is 1. The van der Waals surface area contributed by atoms with Gasteiger partial charge in [-0.1, -0.05) is 11.6 Å². The molecule has 0 saturated heterocycles. The molecule has 2 aromatic rings. The first kappa shape index (κ1) is 19.4. The molecule has 0 N–H and O–H groups in total. The van der Waals surface area contributed by atoms with Crippen molar-refractivity contribution in [2.24, 2.45) is 0 Å². The summed E-state index contributed by atoms with van der Waals surface area (Å²) in [6, 6.07) is 6.69. The lowest BCUT2D eigenvalue weighted by atomic mass is 10.2. The van der Waals surface area contributed by atoms with E-state index in [1.54, 1.807) is 6.92 Å². The number of rotatable bonds is 4. The van der Waals surface area contributed by atoms with Crippen LogP contribution in [0.15, 0.2) is 41.3 Å². The van der Waals surface area contributed by atoms with Crippen molar-refractivity contribution in [3.05, 3.63) is 52.5 Å². The quantitative estimate of drug-likeness (QED) is 0.768. The number of nitrogens with zero attached hydrogens (tertiary/aromatic N) is 1. The topological polar surface area (TPSA) is 46.6 Å². The number of anilines is 1. The van der Waals surface area contributed by atoms with E-state index in [0.717, 1.165) is 23.5 Å². The fraction of sp³-hybridized carbons (Fsp3) is 0.250. The number of benzene rings is 2. The Hall–Kier alpha value is -1.93. The second kappa shape index (κ2) is 6.76. The summed E-state index contributed by atoms with van der Waals surface area (Å²) in [4.78, 5) is -0.0817. The number of sulfonamides is 1. The molecule has 0 fully saturated rings. The Morgan fingerprint density at radius 2 is 1.76 bits per heavy atom. The Balaban J connectivity index is 2.52. The van der Waals surface area contributed by atoms with Crippen LogP contribution in [0.5, 0.6) is 5.75 Å². The van der Waals surface area contributed by atoms with Gasteiger partial charge in [0.15, 0.2) is 0 Å². The fourth-order valence-corrected chi connectivity index (χ4v) is 3.82. The zero-order valence-corrected chi connectivity index (χ0v) is 15.1. The fourth-order valence-electron chi connectivity index (χ4n) is 2.23. The molecule has 0 bridgehead atoms. The molecule has 0 aliphatic rings. The third-order valence-corrected chi connectivity index (χ3v) is 5.72. The molecular weight excluding hydrogens is 379 g/mol. The van der Waals surface area contributed by atoms with E-state index in [9.17, 15) is 21.6 Å². The van der Waals surface area contributed by atoms with Crippen LogP contribution in [0.2, 0.25) is 5.02 Å². The molecule has 0 aliphatic heterocycles. The van der Waals surface area contributed by atoms with Gasteiger partial charge in [0.05, 0.1) is 28.3 Å². The predicted molar refractivity (Wildman–Crippen MR) is 89.8 cm³/mol. The summed E-state index contributed by atoms with van der Waals surface area (Å²) in [5.41, 5.74) is -0.670. The second-order valence-corrected chi connectivity index (χ2v) is 7.64. The van der Waals surface area contributed by atoms with Gasteiger partial charge in [0.1, 0.15) is 5.75 Å². The number of aryl methyl sites for hydroxylation is 1. The van der Waals surface area contributed by atoms with Crippen molar-refractivity contribution < 1.29 is 26.3 Å².